The predicted molar refractivity (Wildman–Crippen MR) is 70.0 cm³/mol. The number of nitrogens with one attached hydrogen (secondary N) is 1. The van der Waals surface area contributed by atoms with Gasteiger partial charge in [0, 0.05) is 23.5 Å². The van der Waals surface area contributed by atoms with E-state index >= 15 is 0 Å². The molecule has 17 heavy (non-hydrogen) atoms. The van der Waals surface area contributed by atoms with E-state index in [-0.39, 0.29) is 0 Å². The topological polar surface area (TPSA) is 25.2 Å². The van der Waals surface area contributed by atoms with Crippen LogP contribution < -0.4 is 5.32 Å². The smallest absolute Gasteiger partial charge is 0.134 e. The number of aryl methyl sites for hydroxylation is 1. The third-order valence-corrected chi connectivity index (χ3v) is 3.75. The number of rotatable bonds is 3. The van der Waals surface area contributed by atoms with Gasteiger partial charge >= 0.3 is 0 Å². The molecule has 1 aromatic carbocycles. The minimum absolute atomic E-state index is 0.713. The Morgan fingerprint density at radius 3 is 2.94 bits per heavy atom. The molecule has 1 N–H and O–H groups in total. The Labute approximate surface area is 102 Å². The van der Waals surface area contributed by atoms with Crippen LogP contribution in [0, 0.1) is 6.92 Å². The molecule has 1 saturated carbocycles. The lowest BCUT2D eigenvalue weighted by Gasteiger charge is -2.10. The number of hydrogen-bond donors (Lipinski definition) is 1. The summed E-state index contributed by atoms with van der Waals surface area (Å²) < 4.78 is 5.58. The van der Waals surface area contributed by atoms with Crippen LogP contribution in [0.4, 0.5) is 0 Å². The van der Waals surface area contributed by atoms with Crippen molar-refractivity contribution in [2.45, 2.75) is 45.2 Å². The SMILES string of the molecule is Cc1ccc2occ(CNC3CCCC3)c2c1. The van der Waals surface area contributed by atoms with Crippen LogP contribution in [-0.4, -0.2) is 6.04 Å². The molecule has 0 spiro atoms. The highest BCUT2D eigenvalue weighted by Gasteiger charge is 2.15. The van der Waals surface area contributed by atoms with Crippen molar-refractivity contribution in [1.29, 1.82) is 0 Å². The highest BCUT2D eigenvalue weighted by atomic mass is 16.3. The standard InChI is InChI=1S/C15H19NO/c1-11-6-7-15-14(8-11)12(10-17-15)9-16-13-4-2-3-5-13/h6-8,10,13,16H,2-5,9H2,1H3. The Balaban J connectivity index is 1.77. The van der Waals surface area contributed by atoms with Crippen LogP contribution >= 0.6 is 0 Å². The first-order valence-corrected chi connectivity index (χ1v) is 6.53. The lowest BCUT2D eigenvalue weighted by Crippen LogP contribution is -2.25. The van der Waals surface area contributed by atoms with Crippen LogP contribution in [0.3, 0.4) is 0 Å². The van der Waals surface area contributed by atoms with Gasteiger partial charge in [0.1, 0.15) is 5.58 Å². The van der Waals surface area contributed by atoms with E-state index in [4.69, 9.17) is 4.42 Å². The zero-order chi connectivity index (χ0) is 11.7. The average Bonchev–Trinajstić information content (AvgIpc) is 2.94. The Morgan fingerprint density at radius 1 is 1.29 bits per heavy atom. The maximum absolute atomic E-state index is 5.58. The van der Waals surface area contributed by atoms with Crippen molar-refractivity contribution in [2.75, 3.05) is 0 Å². The average molecular weight is 229 g/mol. The second-order valence-electron chi connectivity index (χ2n) is 5.12. The number of fused-ring (bicyclic) bond motifs is 1. The van der Waals surface area contributed by atoms with Crippen LogP contribution in [0.25, 0.3) is 11.0 Å². The number of hydrogen-bond acceptors (Lipinski definition) is 2. The predicted octanol–water partition coefficient (Wildman–Crippen LogP) is 3.77. The van der Waals surface area contributed by atoms with Gasteiger partial charge in [-0.15, -0.1) is 0 Å². The van der Waals surface area contributed by atoms with E-state index in [1.54, 1.807) is 0 Å². The van der Waals surface area contributed by atoms with Crippen molar-refractivity contribution >= 4 is 11.0 Å². The molecule has 2 nitrogen and oxygen atoms in total. The van der Waals surface area contributed by atoms with Gasteiger partial charge < -0.3 is 9.73 Å². The Kier molecular flexibility index (Phi) is 2.89. The minimum Gasteiger partial charge on any atom is -0.464 e. The first-order valence-electron chi connectivity index (χ1n) is 6.53. The third kappa shape index (κ3) is 2.22. The van der Waals surface area contributed by atoms with Gasteiger partial charge in [0.25, 0.3) is 0 Å². The highest BCUT2D eigenvalue weighted by molar-refractivity contribution is 5.81. The van der Waals surface area contributed by atoms with Gasteiger partial charge in [0.15, 0.2) is 0 Å². The monoisotopic (exact) mass is 229 g/mol. The second-order valence-corrected chi connectivity index (χ2v) is 5.12. The molecule has 2 heteroatoms. The van der Waals surface area contributed by atoms with Crippen molar-refractivity contribution in [3.8, 4) is 0 Å². The molecule has 1 aliphatic rings. The molecule has 0 unspecified atom stereocenters. The van der Waals surface area contributed by atoms with Gasteiger partial charge in [0.05, 0.1) is 6.26 Å². The van der Waals surface area contributed by atoms with Gasteiger partial charge in [-0.25, -0.2) is 0 Å². The van der Waals surface area contributed by atoms with E-state index in [0.717, 1.165) is 12.1 Å². The van der Waals surface area contributed by atoms with Crippen LogP contribution in [0.15, 0.2) is 28.9 Å². The first kappa shape index (κ1) is 10.8. The minimum atomic E-state index is 0.713. The van der Waals surface area contributed by atoms with E-state index < -0.39 is 0 Å². The fourth-order valence-corrected chi connectivity index (χ4v) is 2.72. The fraction of sp³-hybridized carbons (Fsp3) is 0.467. The summed E-state index contributed by atoms with van der Waals surface area (Å²) in [6, 6.07) is 7.08. The second kappa shape index (κ2) is 4.53. The van der Waals surface area contributed by atoms with Crippen LogP contribution in [0.2, 0.25) is 0 Å². The molecule has 1 aromatic heterocycles. The molecule has 0 aliphatic heterocycles. The van der Waals surface area contributed by atoms with Crippen molar-refractivity contribution in [3.63, 3.8) is 0 Å². The van der Waals surface area contributed by atoms with E-state index in [2.05, 4.69) is 30.4 Å². The van der Waals surface area contributed by atoms with Crippen molar-refractivity contribution in [2.24, 2.45) is 0 Å². The molecule has 0 bridgehead atoms. The van der Waals surface area contributed by atoms with Gasteiger partial charge in [-0.3, -0.25) is 0 Å². The lowest BCUT2D eigenvalue weighted by atomic mass is 10.1. The molecule has 2 aromatic rings. The molecule has 3 rings (SSSR count). The Morgan fingerprint density at radius 2 is 2.12 bits per heavy atom. The van der Waals surface area contributed by atoms with E-state index in [1.807, 2.05) is 6.26 Å². The molecule has 90 valence electrons. The quantitative estimate of drug-likeness (QED) is 0.866. The van der Waals surface area contributed by atoms with Gasteiger partial charge in [-0.1, -0.05) is 24.5 Å². The zero-order valence-corrected chi connectivity index (χ0v) is 10.3. The summed E-state index contributed by atoms with van der Waals surface area (Å²) in [5.41, 5.74) is 3.58. The summed E-state index contributed by atoms with van der Waals surface area (Å²) in [7, 11) is 0. The fourth-order valence-electron chi connectivity index (χ4n) is 2.72. The van der Waals surface area contributed by atoms with Crippen LogP contribution in [-0.2, 0) is 6.54 Å². The molecule has 0 radical (unpaired) electrons. The van der Waals surface area contributed by atoms with Crippen molar-refractivity contribution in [1.82, 2.24) is 5.32 Å². The van der Waals surface area contributed by atoms with Gasteiger partial charge in [0.2, 0.25) is 0 Å². The van der Waals surface area contributed by atoms with Crippen LogP contribution in [0.5, 0.6) is 0 Å². The maximum Gasteiger partial charge on any atom is 0.134 e. The van der Waals surface area contributed by atoms with E-state index in [1.165, 1.54) is 42.2 Å². The lowest BCUT2D eigenvalue weighted by molar-refractivity contribution is 0.520. The van der Waals surface area contributed by atoms with E-state index in [9.17, 15) is 0 Å². The molecule has 1 heterocycles. The molecule has 1 fully saturated rings. The molecular formula is C15H19NO. The summed E-state index contributed by atoms with van der Waals surface area (Å²) in [4.78, 5) is 0. The molecule has 0 saturated heterocycles. The van der Waals surface area contributed by atoms with Gasteiger partial charge in [-0.05, 0) is 31.9 Å². The summed E-state index contributed by atoms with van der Waals surface area (Å²) in [5, 5.41) is 4.90. The zero-order valence-electron chi connectivity index (χ0n) is 10.3. The molecule has 0 atom stereocenters. The van der Waals surface area contributed by atoms with E-state index in [0.29, 0.717) is 6.04 Å². The van der Waals surface area contributed by atoms with Crippen LogP contribution in [0.1, 0.15) is 36.8 Å². The first-order chi connectivity index (χ1) is 8.33. The summed E-state index contributed by atoms with van der Waals surface area (Å²) in [5.74, 6) is 0. The van der Waals surface area contributed by atoms with Crippen molar-refractivity contribution in [3.05, 3.63) is 35.6 Å². The Hall–Kier alpha value is -1.28. The number of furan rings is 1. The highest BCUT2D eigenvalue weighted by Crippen LogP contribution is 2.23. The molecule has 1 aliphatic carbocycles. The third-order valence-electron chi connectivity index (χ3n) is 3.75. The maximum atomic E-state index is 5.58. The number of benzene rings is 1. The van der Waals surface area contributed by atoms with Crippen molar-refractivity contribution < 1.29 is 4.42 Å². The summed E-state index contributed by atoms with van der Waals surface area (Å²) in [6.07, 6.45) is 7.31. The molecular weight excluding hydrogens is 210 g/mol. The summed E-state index contributed by atoms with van der Waals surface area (Å²) in [6.45, 7) is 3.06. The molecule has 0 amide bonds. The largest absolute Gasteiger partial charge is 0.464 e. The normalized spacial score (nSPS) is 17.0. The van der Waals surface area contributed by atoms with Gasteiger partial charge in [-0.2, -0.15) is 0 Å². The summed E-state index contributed by atoms with van der Waals surface area (Å²) >= 11 is 0. The Bertz CT molecular complexity index is 509.